The Hall–Kier alpha value is -2.34. The number of nitrogens with zero attached hydrogens (tertiary/aromatic N) is 1. The quantitative estimate of drug-likeness (QED) is 0.508. The van der Waals surface area contributed by atoms with E-state index in [9.17, 15) is 9.59 Å². The fourth-order valence-corrected chi connectivity index (χ4v) is 3.75. The molecule has 2 aromatic carbocycles. The van der Waals surface area contributed by atoms with Crippen LogP contribution in [0.3, 0.4) is 0 Å². The second-order valence-corrected chi connectivity index (χ2v) is 11.5. The first-order chi connectivity index (χ1) is 15.2. The molecule has 0 aliphatic heterocycles. The number of ether oxygens (including phenoxy) is 1. The normalized spacial score (nSPS) is 12.8. The standard InChI is InChI=1S/C27H37BrN2O3/c1-18-9-11-20(12-10-18)16-30(19(2)25(32)29-27(6,7)8)24(31)17-33-23-14-13-21(15-22(23)28)26(3,4)5/h9-15,19H,16-17H2,1-8H3,(H,29,32). The van der Waals surface area contributed by atoms with Gasteiger partial charge in [-0.3, -0.25) is 9.59 Å². The molecule has 33 heavy (non-hydrogen) atoms. The zero-order chi connectivity index (χ0) is 25.0. The lowest BCUT2D eigenvalue weighted by atomic mass is 9.87. The van der Waals surface area contributed by atoms with Crippen molar-refractivity contribution in [3.8, 4) is 5.75 Å². The van der Waals surface area contributed by atoms with Crippen molar-refractivity contribution < 1.29 is 14.3 Å². The van der Waals surface area contributed by atoms with Crippen molar-refractivity contribution in [3.05, 3.63) is 63.6 Å². The van der Waals surface area contributed by atoms with E-state index in [2.05, 4.69) is 42.0 Å². The van der Waals surface area contributed by atoms with Gasteiger partial charge in [-0.05, 0) is 79.2 Å². The third-order valence-corrected chi connectivity index (χ3v) is 5.91. The zero-order valence-electron chi connectivity index (χ0n) is 21.1. The van der Waals surface area contributed by atoms with Crippen LogP contribution < -0.4 is 10.1 Å². The number of rotatable bonds is 7. The molecule has 1 atom stereocenters. The van der Waals surface area contributed by atoms with Gasteiger partial charge >= 0.3 is 0 Å². The van der Waals surface area contributed by atoms with Crippen molar-refractivity contribution in [3.63, 3.8) is 0 Å². The van der Waals surface area contributed by atoms with Gasteiger partial charge in [0.2, 0.25) is 5.91 Å². The molecule has 2 aromatic rings. The van der Waals surface area contributed by atoms with Crippen molar-refractivity contribution in [1.82, 2.24) is 10.2 Å². The molecule has 1 N–H and O–H groups in total. The minimum atomic E-state index is -0.645. The first-order valence-corrected chi connectivity index (χ1v) is 12.1. The van der Waals surface area contributed by atoms with Gasteiger partial charge < -0.3 is 15.0 Å². The highest BCUT2D eigenvalue weighted by Crippen LogP contribution is 2.31. The fourth-order valence-electron chi connectivity index (χ4n) is 3.25. The molecule has 180 valence electrons. The van der Waals surface area contributed by atoms with Crippen LogP contribution in [0.1, 0.15) is 65.2 Å². The van der Waals surface area contributed by atoms with E-state index in [1.54, 1.807) is 11.8 Å². The number of carbonyl (C=O) groups excluding carboxylic acids is 2. The molecule has 0 spiro atoms. The summed E-state index contributed by atoms with van der Waals surface area (Å²) >= 11 is 3.56. The Morgan fingerprint density at radius 1 is 1.03 bits per heavy atom. The highest BCUT2D eigenvalue weighted by molar-refractivity contribution is 9.10. The number of hydrogen-bond donors (Lipinski definition) is 1. The Kier molecular flexibility index (Phi) is 8.75. The number of halogens is 1. The number of hydrogen-bond acceptors (Lipinski definition) is 3. The molecule has 6 heteroatoms. The van der Waals surface area contributed by atoms with Gasteiger partial charge in [0.1, 0.15) is 11.8 Å². The molecular formula is C27H37BrN2O3. The van der Waals surface area contributed by atoms with Gasteiger partial charge in [0.05, 0.1) is 4.47 Å². The van der Waals surface area contributed by atoms with Crippen LogP contribution in [0.5, 0.6) is 5.75 Å². The van der Waals surface area contributed by atoms with E-state index in [4.69, 9.17) is 4.74 Å². The van der Waals surface area contributed by atoms with Crippen LogP contribution in [0.2, 0.25) is 0 Å². The number of nitrogens with one attached hydrogen (secondary N) is 1. The predicted octanol–water partition coefficient (Wildman–Crippen LogP) is 5.77. The number of benzene rings is 2. The Morgan fingerprint density at radius 3 is 2.15 bits per heavy atom. The van der Waals surface area contributed by atoms with E-state index in [1.807, 2.05) is 70.2 Å². The SMILES string of the molecule is Cc1ccc(CN(C(=O)COc2ccc(C(C)(C)C)cc2Br)C(C)C(=O)NC(C)(C)C)cc1. The highest BCUT2D eigenvalue weighted by Gasteiger charge is 2.29. The lowest BCUT2D eigenvalue weighted by molar-refractivity contribution is -0.142. The number of carbonyl (C=O) groups is 2. The van der Waals surface area contributed by atoms with Gasteiger partial charge in [-0.15, -0.1) is 0 Å². The topological polar surface area (TPSA) is 58.6 Å². The summed E-state index contributed by atoms with van der Waals surface area (Å²) in [6.45, 7) is 16.1. The van der Waals surface area contributed by atoms with Crippen molar-refractivity contribution in [2.24, 2.45) is 0 Å². The maximum Gasteiger partial charge on any atom is 0.261 e. The molecule has 0 saturated carbocycles. The average molecular weight is 518 g/mol. The molecule has 0 heterocycles. The van der Waals surface area contributed by atoms with E-state index in [-0.39, 0.29) is 29.4 Å². The van der Waals surface area contributed by atoms with Gasteiger partial charge in [-0.1, -0.05) is 56.7 Å². The smallest absolute Gasteiger partial charge is 0.261 e. The molecule has 1 unspecified atom stereocenters. The Balaban J connectivity index is 2.20. The maximum absolute atomic E-state index is 13.2. The fraction of sp³-hybridized carbons (Fsp3) is 0.481. The minimum absolute atomic E-state index is 0.0115. The van der Waals surface area contributed by atoms with E-state index >= 15 is 0 Å². The highest BCUT2D eigenvalue weighted by atomic mass is 79.9. The van der Waals surface area contributed by atoms with Crippen molar-refractivity contribution in [2.75, 3.05) is 6.61 Å². The molecule has 0 saturated heterocycles. The summed E-state index contributed by atoms with van der Waals surface area (Å²) in [5, 5.41) is 2.97. The summed E-state index contributed by atoms with van der Waals surface area (Å²) in [5.74, 6) is 0.149. The Bertz CT molecular complexity index is 972. The number of amides is 2. The van der Waals surface area contributed by atoms with Gasteiger partial charge in [0.15, 0.2) is 6.61 Å². The number of aryl methyl sites for hydroxylation is 1. The Morgan fingerprint density at radius 2 is 1.64 bits per heavy atom. The zero-order valence-corrected chi connectivity index (χ0v) is 22.7. The second-order valence-electron chi connectivity index (χ2n) is 10.6. The molecule has 0 bridgehead atoms. The molecule has 0 aliphatic carbocycles. The summed E-state index contributed by atoms with van der Waals surface area (Å²) in [7, 11) is 0. The molecule has 2 amide bonds. The molecule has 0 aliphatic rings. The monoisotopic (exact) mass is 516 g/mol. The third kappa shape index (κ3) is 8.18. The van der Waals surface area contributed by atoms with E-state index in [0.29, 0.717) is 12.3 Å². The van der Waals surface area contributed by atoms with Crippen LogP contribution in [0, 0.1) is 6.92 Å². The summed E-state index contributed by atoms with van der Waals surface area (Å²) in [6, 6.07) is 13.2. The van der Waals surface area contributed by atoms with Crippen LogP contribution in [0.15, 0.2) is 46.9 Å². The van der Waals surface area contributed by atoms with Crippen LogP contribution >= 0.6 is 15.9 Å². The average Bonchev–Trinajstić information content (AvgIpc) is 2.69. The third-order valence-electron chi connectivity index (χ3n) is 5.29. The lowest BCUT2D eigenvalue weighted by Crippen LogP contribution is -2.53. The van der Waals surface area contributed by atoms with Crippen LogP contribution in [-0.4, -0.2) is 34.9 Å². The van der Waals surface area contributed by atoms with E-state index in [0.717, 1.165) is 15.6 Å². The van der Waals surface area contributed by atoms with Crippen LogP contribution in [0.4, 0.5) is 0 Å². The summed E-state index contributed by atoms with van der Waals surface area (Å²) in [5.41, 5.74) is 2.89. The second kappa shape index (κ2) is 10.7. The summed E-state index contributed by atoms with van der Waals surface area (Å²) < 4.78 is 6.66. The van der Waals surface area contributed by atoms with Gasteiger partial charge in [0, 0.05) is 12.1 Å². The Labute approximate surface area is 207 Å². The van der Waals surface area contributed by atoms with Crippen LogP contribution in [0.25, 0.3) is 0 Å². The van der Waals surface area contributed by atoms with Gasteiger partial charge in [0.25, 0.3) is 5.91 Å². The van der Waals surface area contributed by atoms with Crippen molar-refractivity contribution in [2.45, 2.75) is 78.9 Å². The van der Waals surface area contributed by atoms with Crippen molar-refractivity contribution in [1.29, 1.82) is 0 Å². The molecular weight excluding hydrogens is 480 g/mol. The predicted molar refractivity (Wildman–Crippen MR) is 137 cm³/mol. The van der Waals surface area contributed by atoms with Gasteiger partial charge in [-0.25, -0.2) is 0 Å². The van der Waals surface area contributed by atoms with Gasteiger partial charge in [-0.2, -0.15) is 0 Å². The molecule has 0 fully saturated rings. The van der Waals surface area contributed by atoms with E-state index < -0.39 is 6.04 Å². The molecule has 0 radical (unpaired) electrons. The van der Waals surface area contributed by atoms with E-state index in [1.165, 1.54) is 5.56 Å². The largest absolute Gasteiger partial charge is 0.483 e. The summed E-state index contributed by atoms with van der Waals surface area (Å²) in [6.07, 6.45) is 0. The van der Waals surface area contributed by atoms with Crippen LogP contribution in [-0.2, 0) is 21.5 Å². The molecule has 0 aromatic heterocycles. The first kappa shape index (κ1) is 26.9. The minimum Gasteiger partial charge on any atom is -0.483 e. The summed E-state index contributed by atoms with van der Waals surface area (Å²) in [4.78, 5) is 27.7. The molecule has 2 rings (SSSR count). The lowest BCUT2D eigenvalue weighted by Gasteiger charge is -2.31. The first-order valence-electron chi connectivity index (χ1n) is 11.3. The van der Waals surface area contributed by atoms with Crippen molar-refractivity contribution >= 4 is 27.7 Å². The molecule has 5 nitrogen and oxygen atoms in total. The maximum atomic E-state index is 13.2.